The number of anilines is 1. The van der Waals surface area contributed by atoms with Gasteiger partial charge < -0.3 is 9.84 Å². The Labute approximate surface area is 179 Å². The molecule has 0 saturated heterocycles. The molecule has 1 aromatic heterocycles. The number of carbonyl (C=O) groups excluding carboxylic acids is 1. The third kappa shape index (κ3) is 4.33. The van der Waals surface area contributed by atoms with Gasteiger partial charge in [-0.3, -0.25) is 14.5 Å². The van der Waals surface area contributed by atoms with E-state index in [0.29, 0.717) is 23.0 Å². The second-order valence-electron chi connectivity index (χ2n) is 8.07. The first-order chi connectivity index (χ1) is 14.6. The molecule has 0 aliphatic carbocycles. The number of nitrogens with zero attached hydrogens (tertiary/aromatic N) is 3. The van der Waals surface area contributed by atoms with E-state index in [9.17, 15) is 13.2 Å². The molecule has 0 unspecified atom stereocenters. The van der Waals surface area contributed by atoms with Crippen LogP contribution >= 0.6 is 0 Å². The number of amides is 1. The maximum Gasteiger partial charge on any atom is 0.263 e. The highest BCUT2D eigenvalue weighted by Crippen LogP contribution is 2.25. The van der Waals surface area contributed by atoms with Crippen molar-refractivity contribution in [1.29, 1.82) is 0 Å². The molecule has 0 atom stereocenters. The summed E-state index contributed by atoms with van der Waals surface area (Å²) in [5.41, 5.74) is 1.54. The molecule has 3 aromatic rings. The summed E-state index contributed by atoms with van der Waals surface area (Å²) in [7, 11) is -3.63. The molecule has 2 heterocycles. The highest BCUT2D eigenvalue weighted by Gasteiger charge is 2.30. The van der Waals surface area contributed by atoms with Crippen molar-refractivity contribution in [3.63, 3.8) is 0 Å². The van der Waals surface area contributed by atoms with E-state index in [1.807, 2.05) is 20.8 Å². The van der Waals surface area contributed by atoms with Crippen molar-refractivity contribution in [1.82, 2.24) is 14.9 Å². The van der Waals surface area contributed by atoms with Crippen LogP contribution in [0.4, 0.5) is 5.69 Å². The summed E-state index contributed by atoms with van der Waals surface area (Å²) in [6, 6.07) is 13.5. The van der Waals surface area contributed by atoms with Crippen LogP contribution in [0.15, 0.2) is 62.9 Å². The first-order valence-electron chi connectivity index (χ1n) is 9.55. The third-order valence-electron chi connectivity index (χ3n) is 4.54. The first-order valence-corrected chi connectivity index (χ1v) is 11.0. The van der Waals surface area contributed by atoms with Gasteiger partial charge in [0.1, 0.15) is 12.4 Å². The maximum absolute atomic E-state index is 12.3. The fourth-order valence-corrected chi connectivity index (χ4v) is 4.20. The number of rotatable bonds is 4. The largest absolute Gasteiger partial charge is 0.338 e. The Hall–Kier alpha value is -3.53. The van der Waals surface area contributed by atoms with E-state index in [1.165, 1.54) is 6.07 Å². The molecule has 2 aromatic carbocycles. The van der Waals surface area contributed by atoms with Crippen molar-refractivity contribution in [3.05, 3.63) is 60.0 Å². The van der Waals surface area contributed by atoms with Crippen LogP contribution in [0.3, 0.4) is 0 Å². The predicted molar refractivity (Wildman–Crippen MR) is 115 cm³/mol. The van der Waals surface area contributed by atoms with Gasteiger partial charge in [-0.05, 0) is 36.4 Å². The Morgan fingerprint density at radius 1 is 1.13 bits per heavy atom. The minimum atomic E-state index is -3.63. The summed E-state index contributed by atoms with van der Waals surface area (Å²) >= 11 is 0. The van der Waals surface area contributed by atoms with E-state index in [0.717, 1.165) is 5.56 Å². The fraction of sp³-hybridized carbons (Fsp3) is 0.238. The van der Waals surface area contributed by atoms with Crippen LogP contribution < -0.4 is 10.0 Å². The Balaban J connectivity index is 1.42. The van der Waals surface area contributed by atoms with E-state index in [-0.39, 0.29) is 28.6 Å². The second kappa shape index (κ2) is 7.62. The van der Waals surface area contributed by atoms with Crippen LogP contribution in [0.5, 0.6) is 0 Å². The van der Waals surface area contributed by atoms with Gasteiger partial charge in [-0.2, -0.15) is 4.98 Å². The van der Waals surface area contributed by atoms with Gasteiger partial charge in [0.05, 0.1) is 4.90 Å². The number of fused-ring (bicyclic) bond motifs is 1. The topological polar surface area (TPSA) is 127 Å². The molecule has 0 spiro atoms. The molecule has 1 aliphatic rings. The minimum Gasteiger partial charge on any atom is -0.338 e. The summed E-state index contributed by atoms with van der Waals surface area (Å²) in [6.07, 6.45) is 0. The van der Waals surface area contributed by atoms with Gasteiger partial charge in [0, 0.05) is 22.2 Å². The molecular weight excluding hydrogens is 418 g/mol. The van der Waals surface area contributed by atoms with E-state index in [1.54, 1.807) is 42.5 Å². The molecule has 1 aliphatic heterocycles. The van der Waals surface area contributed by atoms with E-state index in [2.05, 4.69) is 25.2 Å². The third-order valence-corrected chi connectivity index (χ3v) is 5.94. The molecule has 160 valence electrons. The Morgan fingerprint density at radius 2 is 1.84 bits per heavy atom. The van der Waals surface area contributed by atoms with Crippen LogP contribution in [0.25, 0.3) is 11.4 Å². The van der Waals surface area contributed by atoms with Gasteiger partial charge in [-0.15, -0.1) is 0 Å². The molecule has 0 radical (unpaired) electrons. The highest BCUT2D eigenvalue weighted by atomic mass is 32.2. The van der Waals surface area contributed by atoms with Crippen LogP contribution in [-0.4, -0.2) is 36.8 Å². The van der Waals surface area contributed by atoms with Crippen LogP contribution in [0, 0.1) is 0 Å². The van der Waals surface area contributed by atoms with Gasteiger partial charge in [-0.1, -0.05) is 38.1 Å². The van der Waals surface area contributed by atoms with E-state index >= 15 is 0 Å². The van der Waals surface area contributed by atoms with Gasteiger partial charge in [0.2, 0.25) is 17.6 Å². The zero-order chi connectivity index (χ0) is 22.2. The summed E-state index contributed by atoms with van der Waals surface area (Å²) in [5, 5.41) is 6.73. The number of hydrogen-bond donors (Lipinski definition) is 2. The van der Waals surface area contributed by atoms with E-state index in [4.69, 9.17) is 4.52 Å². The Kier molecular flexibility index (Phi) is 5.10. The van der Waals surface area contributed by atoms with Crippen molar-refractivity contribution in [3.8, 4) is 11.4 Å². The second-order valence-corrected chi connectivity index (χ2v) is 9.72. The van der Waals surface area contributed by atoms with E-state index < -0.39 is 10.0 Å². The Morgan fingerprint density at radius 3 is 2.52 bits per heavy atom. The number of hydrogen-bond acceptors (Lipinski definition) is 7. The van der Waals surface area contributed by atoms with Crippen LogP contribution in [0.1, 0.15) is 32.2 Å². The van der Waals surface area contributed by atoms with Crippen LogP contribution in [0.2, 0.25) is 0 Å². The summed E-state index contributed by atoms with van der Waals surface area (Å²) < 4.78 is 31.9. The lowest BCUT2D eigenvalue weighted by Gasteiger charge is -2.10. The molecule has 0 bridgehead atoms. The monoisotopic (exact) mass is 439 g/mol. The number of amidine groups is 1. The SMILES string of the molecule is CC(C)(C)c1nc(-c2ccc(NC(=O)CN=C3NS(=O)(=O)c4ccccc43)cc2)no1. The van der Waals surface area contributed by atoms with Crippen molar-refractivity contribution in [2.45, 2.75) is 31.1 Å². The average molecular weight is 439 g/mol. The Bertz CT molecular complexity index is 1270. The summed E-state index contributed by atoms with van der Waals surface area (Å²) in [6.45, 7) is 5.73. The zero-order valence-corrected chi connectivity index (χ0v) is 18.0. The van der Waals surface area contributed by atoms with Gasteiger partial charge >= 0.3 is 0 Å². The highest BCUT2D eigenvalue weighted by molar-refractivity contribution is 7.90. The predicted octanol–water partition coefficient (Wildman–Crippen LogP) is 2.71. The molecule has 0 fully saturated rings. The van der Waals surface area contributed by atoms with Crippen molar-refractivity contribution < 1.29 is 17.7 Å². The smallest absolute Gasteiger partial charge is 0.263 e. The number of nitrogens with one attached hydrogen (secondary N) is 2. The van der Waals surface area contributed by atoms with Crippen molar-refractivity contribution in [2.75, 3.05) is 11.9 Å². The van der Waals surface area contributed by atoms with Gasteiger partial charge in [0.25, 0.3) is 10.0 Å². The minimum absolute atomic E-state index is 0.154. The number of aromatic nitrogens is 2. The fourth-order valence-electron chi connectivity index (χ4n) is 2.95. The standard InChI is InChI=1S/C21H21N5O4S/c1-21(2,3)20-24-18(25-30-20)13-8-10-14(11-9-13)23-17(27)12-22-19-15-6-4-5-7-16(15)31(28,29)26-19/h4-11H,12H2,1-3H3,(H,22,26)(H,23,27). The zero-order valence-electron chi connectivity index (χ0n) is 17.2. The lowest BCUT2D eigenvalue weighted by molar-refractivity contribution is -0.114. The number of sulfonamides is 1. The molecule has 10 heteroatoms. The van der Waals surface area contributed by atoms with Crippen molar-refractivity contribution in [2.24, 2.45) is 4.99 Å². The lowest BCUT2D eigenvalue weighted by Crippen LogP contribution is -2.24. The molecule has 31 heavy (non-hydrogen) atoms. The summed E-state index contributed by atoms with van der Waals surface area (Å²) in [4.78, 5) is 21.0. The molecular formula is C21H21N5O4S. The normalized spacial score (nSPS) is 16.0. The number of carbonyl (C=O) groups is 1. The van der Waals surface area contributed by atoms with Crippen LogP contribution in [-0.2, 0) is 20.2 Å². The molecule has 9 nitrogen and oxygen atoms in total. The lowest BCUT2D eigenvalue weighted by atomic mass is 9.97. The molecule has 1 amide bonds. The molecule has 4 rings (SSSR count). The summed E-state index contributed by atoms with van der Waals surface area (Å²) in [5.74, 6) is 0.802. The maximum atomic E-state index is 12.3. The van der Waals surface area contributed by atoms with Gasteiger partial charge in [-0.25, -0.2) is 8.42 Å². The molecule has 0 saturated carbocycles. The number of aliphatic imine (C=N–C) groups is 1. The van der Waals surface area contributed by atoms with Gasteiger partial charge in [0.15, 0.2) is 0 Å². The number of benzene rings is 2. The molecule has 2 N–H and O–H groups in total. The quantitative estimate of drug-likeness (QED) is 0.644. The average Bonchev–Trinajstić information content (AvgIpc) is 3.31. The van der Waals surface area contributed by atoms with Crippen molar-refractivity contribution >= 4 is 27.5 Å². The first kappa shape index (κ1) is 20.7.